The topological polar surface area (TPSA) is 102 Å². The molecule has 33 heavy (non-hydrogen) atoms. The monoisotopic (exact) mass is 484 g/mol. The van der Waals surface area contributed by atoms with E-state index in [0.717, 1.165) is 28.1 Å². The van der Waals surface area contributed by atoms with Gasteiger partial charge in [0.05, 0.1) is 30.1 Å². The predicted molar refractivity (Wildman–Crippen MR) is 124 cm³/mol. The van der Waals surface area contributed by atoms with Gasteiger partial charge in [0.1, 0.15) is 5.69 Å². The second kappa shape index (κ2) is 9.09. The predicted octanol–water partition coefficient (Wildman–Crippen LogP) is 3.65. The highest BCUT2D eigenvalue weighted by molar-refractivity contribution is 7.03. The molecule has 0 unspecified atom stereocenters. The summed E-state index contributed by atoms with van der Waals surface area (Å²) in [5.74, 6) is -2.42. The van der Waals surface area contributed by atoms with Gasteiger partial charge in [-0.1, -0.05) is 40.4 Å². The minimum atomic E-state index is -1.50. The number of carbonyl (C=O) groups excluding carboxylic acids is 2. The Morgan fingerprint density at radius 2 is 1.82 bits per heavy atom. The van der Waals surface area contributed by atoms with Crippen molar-refractivity contribution in [1.29, 1.82) is 0 Å². The molecule has 3 aromatic rings. The lowest BCUT2D eigenvalue weighted by Crippen LogP contribution is -2.43. The van der Waals surface area contributed by atoms with Crippen molar-refractivity contribution in [2.45, 2.75) is 31.6 Å². The lowest BCUT2D eigenvalue weighted by molar-refractivity contribution is -0.225. The molecule has 0 saturated carbocycles. The standard InChI is InChI=1S/C23H21ClN4O4S/c24-18-6-5-17-16(9-10-25-13-23(17)31-20(29)7-8-21(30)32-23)22(18)26-11-14-1-3-15(4-2-14)19-12-33-28-27-19/h1-6,12,25-26H,7-11,13H2. The number of carbonyl (C=O) groups is 2. The number of fused-ring (bicyclic) bond motifs is 2. The van der Waals surface area contributed by atoms with Crippen LogP contribution in [0.1, 0.15) is 29.5 Å². The van der Waals surface area contributed by atoms with Gasteiger partial charge in [-0.15, -0.1) is 5.10 Å². The number of anilines is 1. The molecule has 5 rings (SSSR count). The van der Waals surface area contributed by atoms with Crippen molar-refractivity contribution >= 4 is 40.8 Å². The molecule has 0 bridgehead atoms. The second-order valence-corrected chi connectivity index (χ2v) is 8.93. The number of rotatable bonds is 4. The van der Waals surface area contributed by atoms with Crippen LogP contribution in [0.15, 0.2) is 41.8 Å². The van der Waals surface area contributed by atoms with E-state index in [1.54, 1.807) is 12.1 Å². The van der Waals surface area contributed by atoms with Gasteiger partial charge < -0.3 is 20.1 Å². The first-order valence-electron chi connectivity index (χ1n) is 10.6. The van der Waals surface area contributed by atoms with Gasteiger partial charge in [0.15, 0.2) is 0 Å². The van der Waals surface area contributed by atoms with Crippen LogP contribution in [0.5, 0.6) is 0 Å². The molecule has 10 heteroatoms. The van der Waals surface area contributed by atoms with Crippen molar-refractivity contribution < 1.29 is 19.1 Å². The quantitative estimate of drug-likeness (QED) is 0.541. The zero-order valence-corrected chi connectivity index (χ0v) is 19.2. The first-order valence-corrected chi connectivity index (χ1v) is 11.8. The number of ether oxygens (including phenoxy) is 2. The van der Waals surface area contributed by atoms with Crippen molar-refractivity contribution in [1.82, 2.24) is 14.9 Å². The van der Waals surface area contributed by atoms with Gasteiger partial charge in [-0.25, -0.2) is 0 Å². The van der Waals surface area contributed by atoms with E-state index in [1.807, 2.05) is 29.6 Å². The van der Waals surface area contributed by atoms with E-state index in [1.165, 1.54) is 11.5 Å². The Kier molecular flexibility index (Phi) is 6.01. The molecule has 0 radical (unpaired) electrons. The molecule has 1 saturated heterocycles. The molecule has 2 aromatic carbocycles. The number of nitrogens with zero attached hydrogens (tertiary/aromatic N) is 2. The molecule has 2 N–H and O–H groups in total. The number of hydrogen-bond acceptors (Lipinski definition) is 9. The van der Waals surface area contributed by atoms with Gasteiger partial charge >= 0.3 is 11.9 Å². The molecule has 2 aliphatic heterocycles. The van der Waals surface area contributed by atoms with E-state index in [9.17, 15) is 9.59 Å². The molecule has 8 nitrogen and oxygen atoms in total. The molecule has 1 spiro atoms. The minimum absolute atomic E-state index is 0.00156. The fourth-order valence-corrected chi connectivity index (χ4v) is 4.85. The molecule has 1 fully saturated rings. The third-order valence-electron chi connectivity index (χ3n) is 5.75. The summed E-state index contributed by atoms with van der Waals surface area (Å²) in [7, 11) is 0. The lowest BCUT2D eigenvalue weighted by atomic mass is 9.96. The molecule has 1 aromatic heterocycles. The van der Waals surface area contributed by atoms with Crippen molar-refractivity contribution in [3.05, 3.63) is 63.5 Å². The third kappa shape index (κ3) is 4.44. The molecule has 0 aliphatic carbocycles. The van der Waals surface area contributed by atoms with Crippen LogP contribution in [0, 0.1) is 0 Å². The van der Waals surface area contributed by atoms with Gasteiger partial charge in [0.2, 0.25) is 0 Å². The Labute approximate surface area is 199 Å². The number of halogens is 1. The molecule has 2 aliphatic rings. The molecular weight excluding hydrogens is 464 g/mol. The minimum Gasteiger partial charge on any atom is -0.416 e. The lowest BCUT2D eigenvalue weighted by Gasteiger charge is -2.32. The van der Waals surface area contributed by atoms with Gasteiger partial charge in [-0.05, 0) is 47.8 Å². The molecule has 170 valence electrons. The Bertz CT molecular complexity index is 1170. The second-order valence-electron chi connectivity index (χ2n) is 7.92. The summed E-state index contributed by atoms with van der Waals surface area (Å²) in [5.41, 5.74) is 5.14. The Hall–Kier alpha value is -3.01. The average molecular weight is 485 g/mol. The summed E-state index contributed by atoms with van der Waals surface area (Å²) >= 11 is 7.90. The van der Waals surface area contributed by atoms with Crippen LogP contribution in [-0.4, -0.2) is 34.6 Å². The fourth-order valence-electron chi connectivity index (χ4n) is 4.14. The summed E-state index contributed by atoms with van der Waals surface area (Å²) in [6.45, 7) is 1.34. The van der Waals surface area contributed by atoms with Gasteiger partial charge in [-0.3, -0.25) is 9.59 Å². The van der Waals surface area contributed by atoms with Crippen molar-refractivity contribution in [3.8, 4) is 11.3 Å². The first-order chi connectivity index (χ1) is 16.0. The summed E-state index contributed by atoms with van der Waals surface area (Å²) < 4.78 is 15.3. The summed E-state index contributed by atoms with van der Waals surface area (Å²) in [6, 6.07) is 11.6. The van der Waals surface area contributed by atoms with Crippen LogP contribution in [-0.2, 0) is 37.8 Å². The number of aromatic nitrogens is 2. The Balaban J connectivity index is 1.44. The van der Waals surface area contributed by atoms with E-state index < -0.39 is 17.7 Å². The first kappa shape index (κ1) is 21.8. The summed E-state index contributed by atoms with van der Waals surface area (Å²) in [6.07, 6.45) is 0.633. The van der Waals surface area contributed by atoms with Gasteiger partial charge in [0.25, 0.3) is 5.79 Å². The Morgan fingerprint density at radius 1 is 1.06 bits per heavy atom. The van der Waals surface area contributed by atoms with E-state index in [0.29, 0.717) is 30.1 Å². The highest BCUT2D eigenvalue weighted by Crippen LogP contribution is 2.40. The normalized spacial score (nSPS) is 17.5. The van der Waals surface area contributed by atoms with Crippen molar-refractivity contribution in [2.75, 3.05) is 18.4 Å². The summed E-state index contributed by atoms with van der Waals surface area (Å²) in [5, 5.41) is 13.2. The maximum Gasteiger partial charge on any atom is 0.309 e. The zero-order valence-electron chi connectivity index (χ0n) is 17.6. The van der Waals surface area contributed by atoms with Gasteiger partial charge in [0, 0.05) is 23.1 Å². The maximum absolute atomic E-state index is 12.3. The molecule has 0 amide bonds. The van der Waals surface area contributed by atoms with Crippen LogP contribution in [0.3, 0.4) is 0 Å². The largest absolute Gasteiger partial charge is 0.416 e. The number of hydrogen-bond donors (Lipinski definition) is 2. The van der Waals surface area contributed by atoms with E-state index in [-0.39, 0.29) is 19.4 Å². The van der Waals surface area contributed by atoms with Crippen LogP contribution >= 0.6 is 23.1 Å². The zero-order chi connectivity index (χ0) is 22.8. The number of nitrogens with one attached hydrogen (secondary N) is 2. The highest BCUT2D eigenvalue weighted by Gasteiger charge is 2.45. The smallest absolute Gasteiger partial charge is 0.309 e. The van der Waals surface area contributed by atoms with Crippen molar-refractivity contribution in [3.63, 3.8) is 0 Å². The third-order valence-corrected chi connectivity index (χ3v) is 6.57. The molecule has 0 atom stereocenters. The van der Waals surface area contributed by atoms with Crippen LogP contribution in [0.2, 0.25) is 5.02 Å². The average Bonchev–Trinajstić information content (AvgIpc) is 3.23. The Morgan fingerprint density at radius 3 is 2.52 bits per heavy atom. The number of benzene rings is 2. The SMILES string of the molecule is O=C1CCC(=O)OC2(CNCCc3c2ccc(Cl)c3NCc2ccc(-c3csnn3)cc2)O1. The fraction of sp³-hybridized carbons (Fsp3) is 0.304. The van der Waals surface area contributed by atoms with Crippen LogP contribution in [0.25, 0.3) is 11.3 Å². The van der Waals surface area contributed by atoms with E-state index in [2.05, 4.69) is 20.2 Å². The number of esters is 2. The van der Waals surface area contributed by atoms with Crippen LogP contribution < -0.4 is 10.6 Å². The molecular formula is C23H21ClN4O4S. The van der Waals surface area contributed by atoms with Crippen LogP contribution in [0.4, 0.5) is 5.69 Å². The highest BCUT2D eigenvalue weighted by atomic mass is 35.5. The summed E-state index contributed by atoms with van der Waals surface area (Å²) in [4.78, 5) is 24.5. The maximum atomic E-state index is 12.3. The van der Waals surface area contributed by atoms with Crippen molar-refractivity contribution in [2.24, 2.45) is 0 Å². The van der Waals surface area contributed by atoms with E-state index >= 15 is 0 Å². The van der Waals surface area contributed by atoms with Gasteiger partial charge in [-0.2, -0.15) is 0 Å². The molecule has 3 heterocycles. The van der Waals surface area contributed by atoms with E-state index in [4.69, 9.17) is 21.1 Å².